The van der Waals surface area contributed by atoms with E-state index in [9.17, 15) is 13.6 Å². The van der Waals surface area contributed by atoms with Gasteiger partial charge in [-0.3, -0.25) is 4.79 Å². The summed E-state index contributed by atoms with van der Waals surface area (Å²) >= 11 is 0. The molecule has 0 bridgehead atoms. The Morgan fingerprint density at radius 3 is 2.81 bits per heavy atom. The molecular weight excluding hydrogens is 342 g/mol. The third-order valence-corrected chi connectivity index (χ3v) is 3.64. The summed E-state index contributed by atoms with van der Waals surface area (Å²) in [5, 5.41) is 6.84. The number of hydrogen-bond donors (Lipinski definition) is 1. The number of aromatic nitrogens is 3. The molecule has 134 valence electrons. The van der Waals surface area contributed by atoms with Crippen molar-refractivity contribution >= 4 is 5.91 Å². The summed E-state index contributed by atoms with van der Waals surface area (Å²) in [5.74, 6) is -0.921. The van der Waals surface area contributed by atoms with Gasteiger partial charge in [-0.2, -0.15) is 5.10 Å². The molecule has 0 radical (unpaired) electrons. The molecule has 1 amide bonds. The van der Waals surface area contributed by atoms with Crippen molar-refractivity contribution < 1.29 is 18.3 Å². The van der Waals surface area contributed by atoms with Crippen LogP contribution in [-0.2, 0) is 13.1 Å². The molecule has 0 atom stereocenters. The Morgan fingerprint density at radius 2 is 2.08 bits per heavy atom. The smallest absolute Gasteiger partial charge is 0.251 e. The lowest BCUT2D eigenvalue weighted by Gasteiger charge is -2.05. The maximum Gasteiger partial charge on any atom is 0.251 e. The Kier molecular flexibility index (Phi) is 5.21. The molecule has 26 heavy (non-hydrogen) atoms. The molecule has 0 unspecified atom stereocenters. The number of rotatable bonds is 6. The van der Waals surface area contributed by atoms with Gasteiger partial charge in [0.05, 0.1) is 20.2 Å². The zero-order valence-electron chi connectivity index (χ0n) is 13.9. The third-order valence-electron chi connectivity index (χ3n) is 3.64. The highest BCUT2D eigenvalue weighted by atomic mass is 19.1. The first-order valence-electron chi connectivity index (χ1n) is 7.79. The minimum Gasteiger partial charge on any atom is -0.494 e. The van der Waals surface area contributed by atoms with Crippen molar-refractivity contribution in [1.82, 2.24) is 20.1 Å². The quantitative estimate of drug-likeness (QED) is 0.735. The van der Waals surface area contributed by atoms with Gasteiger partial charge in [-0.15, -0.1) is 0 Å². The van der Waals surface area contributed by atoms with E-state index < -0.39 is 11.7 Å². The fourth-order valence-corrected chi connectivity index (χ4v) is 2.38. The van der Waals surface area contributed by atoms with Crippen molar-refractivity contribution in [3.63, 3.8) is 0 Å². The average molecular weight is 358 g/mol. The molecular formula is C18H16F2N4O2. The fraction of sp³-hybridized carbons (Fsp3) is 0.167. The van der Waals surface area contributed by atoms with Crippen molar-refractivity contribution in [1.29, 1.82) is 0 Å². The van der Waals surface area contributed by atoms with E-state index >= 15 is 0 Å². The molecule has 8 heteroatoms. The number of nitrogens with one attached hydrogen (secondary N) is 1. The lowest BCUT2D eigenvalue weighted by atomic mass is 10.2. The predicted molar refractivity (Wildman–Crippen MR) is 89.6 cm³/mol. The largest absolute Gasteiger partial charge is 0.494 e. The summed E-state index contributed by atoms with van der Waals surface area (Å²) in [5.41, 5.74) is 0.918. The van der Waals surface area contributed by atoms with Crippen LogP contribution in [0.5, 0.6) is 5.75 Å². The first-order valence-corrected chi connectivity index (χ1v) is 7.79. The van der Waals surface area contributed by atoms with Crippen molar-refractivity contribution in [2.75, 3.05) is 7.11 Å². The summed E-state index contributed by atoms with van der Waals surface area (Å²) in [6, 6.07) is 10.1. The van der Waals surface area contributed by atoms with E-state index in [0.29, 0.717) is 12.4 Å². The Morgan fingerprint density at radius 1 is 1.23 bits per heavy atom. The Balaban J connectivity index is 1.59. The molecule has 0 saturated carbocycles. The Labute approximate surface area is 148 Å². The monoisotopic (exact) mass is 358 g/mol. The molecule has 0 saturated heterocycles. The second kappa shape index (κ2) is 7.73. The summed E-state index contributed by atoms with van der Waals surface area (Å²) in [7, 11) is 1.35. The highest BCUT2D eigenvalue weighted by Gasteiger charge is 2.11. The van der Waals surface area contributed by atoms with Gasteiger partial charge in [0.1, 0.15) is 12.1 Å². The summed E-state index contributed by atoms with van der Waals surface area (Å²) < 4.78 is 33.2. The molecule has 3 aromatic rings. The number of benzene rings is 2. The molecule has 0 spiro atoms. The normalized spacial score (nSPS) is 10.6. The second-order valence-corrected chi connectivity index (χ2v) is 5.52. The minimum absolute atomic E-state index is 0.0688. The van der Waals surface area contributed by atoms with E-state index in [1.54, 1.807) is 16.8 Å². The van der Waals surface area contributed by atoms with Gasteiger partial charge >= 0.3 is 0 Å². The highest BCUT2D eigenvalue weighted by Crippen LogP contribution is 2.17. The van der Waals surface area contributed by atoms with Gasteiger partial charge in [0.2, 0.25) is 0 Å². The molecule has 0 fully saturated rings. The molecule has 3 rings (SSSR count). The number of nitrogens with zero attached hydrogens (tertiary/aromatic N) is 3. The van der Waals surface area contributed by atoms with Gasteiger partial charge in [0.25, 0.3) is 5.91 Å². The lowest BCUT2D eigenvalue weighted by Crippen LogP contribution is -2.23. The van der Waals surface area contributed by atoms with Crippen molar-refractivity contribution in [3.05, 3.63) is 77.4 Å². The third kappa shape index (κ3) is 4.21. The number of ether oxygens (including phenoxy) is 1. The zero-order chi connectivity index (χ0) is 18.5. The van der Waals surface area contributed by atoms with Crippen molar-refractivity contribution in [3.8, 4) is 5.75 Å². The molecule has 1 heterocycles. The van der Waals surface area contributed by atoms with Gasteiger partial charge in [0, 0.05) is 5.56 Å². The number of halogens is 2. The van der Waals surface area contributed by atoms with Gasteiger partial charge < -0.3 is 10.1 Å². The minimum atomic E-state index is -0.613. The van der Waals surface area contributed by atoms with Crippen LogP contribution in [0.2, 0.25) is 0 Å². The molecule has 2 aromatic carbocycles. The van der Waals surface area contributed by atoms with Crippen LogP contribution in [0.25, 0.3) is 0 Å². The number of amides is 1. The molecule has 6 nitrogen and oxygen atoms in total. The van der Waals surface area contributed by atoms with E-state index in [1.165, 1.54) is 37.7 Å². The van der Waals surface area contributed by atoms with E-state index in [4.69, 9.17) is 4.74 Å². The Hall–Kier alpha value is -3.29. The number of methoxy groups -OCH3 is 1. The van der Waals surface area contributed by atoms with Gasteiger partial charge in [-0.25, -0.2) is 18.4 Å². The van der Waals surface area contributed by atoms with Crippen molar-refractivity contribution in [2.24, 2.45) is 0 Å². The summed E-state index contributed by atoms with van der Waals surface area (Å²) in [6.07, 6.45) is 1.50. The maximum atomic E-state index is 13.7. The predicted octanol–water partition coefficient (Wildman–Crippen LogP) is 2.54. The first kappa shape index (κ1) is 17.5. The van der Waals surface area contributed by atoms with E-state index in [2.05, 4.69) is 15.4 Å². The zero-order valence-corrected chi connectivity index (χ0v) is 13.9. The van der Waals surface area contributed by atoms with Crippen LogP contribution in [0.4, 0.5) is 8.78 Å². The van der Waals surface area contributed by atoms with Crippen LogP contribution >= 0.6 is 0 Å². The maximum absolute atomic E-state index is 13.7. The second-order valence-electron chi connectivity index (χ2n) is 5.52. The molecule has 0 aliphatic heterocycles. The molecule has 0 aliphatic carbocycles. The standard InChI is InChI=1S/C18H16F2N4O2/c1-26-16-6-5-13(8-15(16)20)18(25)21-9-17-22-11-24(23-17)10-12-3-2-4-14(19)7-12/h2-8,11H,9-10H2,1H3,(H,21,25). The number of carbonyl (C=O) groups is 1. The van der Waals surface area contributed by atoms with Crippen LogP contribution in [0.15, 0.2) is 48.8 Å². The first-order chi connectivity index (χ1) is 12.5. The summed E-state index contributed by atoms with van der Waals surface area (Å²) in [4.78, 5) is 16.2. The lowest BCUT2D eigenvalue weighted by molar-refractivity contribution is 0.0949. The van der Waals surface area contributed by atoms with E-state index in [-0.39, 0.29) is 23.7 Å². The number of hydrogen-bond acceptors (Lipinski definition) is 4. The highest BCUT2D eigenvalue weighted by molar-refractivity contribution is 5.94. The van der Waals surface area contributed by atoms with Crippen LogP contribution in [-0.4, -0.2) is 27.8 Å². The molecule has 1 N–H and O–H groups in total. The summed E-state index contributed by atoms with van der Waals surface area (Å²) in [6.45, 7) is 0.449. The molecule has 0 aliphatic rings. The van der Waals surface area contributed by atoms with E-state index in [0.717, 1.165) is 11.6 Å². The number of carbonyl (C=O) groups excluding carboxylic acids is 1. The van der Waals surface area contributed by atoms with Gasteiger partial charge in [-0.05, 0) is 35.9 Å². The SMILES string of the molecule is COc1ccc(C(=O)NCc2ncn(Cc3cccc(F)c3)n2)cc1F. The van der Waals surface area contributed by atoms with E-state index in [1.807, 2.05) is 0 Å². The Bertz CT molecular complexity index is 927. The average Bonchev–Trinajstić information content (AvgIpc) is 3.07. The topological polar surface area (TPSA) is 69.0 Å². The molecule has 1 aromatic heterocycles. The van der Waals surface area contributed by atoms with Crippen LogP contribution in [0.3, 0.4) is 0 Å². The van der Waals surface area contributed by atoms with Gasteiger partial charge in [0.15, 0.2) is 17.4 Å². The van der Waals surface area contributed by atoms with Gasteiger partial charge in [-0.1, -0.05) is 12.1 Å². The van der Waals surface area contributed by atoms with Crippen LogP contribution in [0, 0.1) is 11.6 Å². The van der Waals surface area contributed by atoms with Crippen LogP contribution < -0.4 is 10.1 Å². The fourth-order valence-electron chi connectivity index (χ4n) is 2.38. The van der Waals surface area contributed by atoms with Crippen molar-refractivity contribution in [2.45, 2.75) is 13.1 Å². The van der Waals surface area contributed by atoms with Crippen LogP contribution in [0.1, 0.15) is 21.7 Å².